The number of benzene rings is 1. The van der Waals surface area contributed by atoms with Gasteiger partial charge in [-0.1, -0.05) is 6.07 Å². The number of nitrogens with two attached hydrogens (primary N) is 1. The number of hydrogen-bond acceptors (Lipinski definition) is 2. The van der Waals surface area contributed by atoms with Crippen molar-refractivity contribution >= 4 is 23.0 Å². The molecular formula is C10H13N3S. The van der Waals surface area contributed by atoms with Crippen molar-refractivity contribution in [1.29, 1.82) is 0 Å². The van der Waals surface area contributed by atoms with E-state index in [1.165, 1.54) is 30.4 Å². The Hall–Kier alpha value is -1.13. The van der Waals surface area contributed by atoms with Gasteiger partial charge in [0.1, 0.15) is 0 Å². The van der Waals surface area contributed by atoms with Gasteiger partial charge in [0.25, 0.3) is 0 Å². The Balaban J connectivity index is 2.16. The molecular weight excluding hydrogens is 194 g/mol. The van der Waals surface area contributed by atoms with Crippen molar-refractivity contribution in [3.8, 4) is 0 Å². The number of thiocarbonyl (C=S) groups is 1. The predicted molar refractivity (Wildman–Crippen MR) is 62.0 cm³/mol. The van der Waals surface area contributed by atoms with E-state index in [4.69, 9.17) is 18.1 Å². The zero-order valence-electron chi connectivity index (χ0n) is 7.84. The van der Waals surface area contributed by atoms with E-state index in [2.05, 4.69) is 22.9 Å². The maximum atomic E-state index is 5.18. The van der Waals surface area contributed by atoms with E-state index in [-0.39, 0.29) is 0 Å². The van der Waals surface area contributed by atoms with E-state index < -0.39 is 0 Å². The lowest BCUT2D eigenvalue weighted by Gasteiger charge is -2.08. The molecule has 0 saturated heterocycles. The van der Waals surface area contributed by atoms with Crippen LogP contribution in [0.5, 0.6) is 0 Å². The van der Waals surface area contributed by atoms with Crippen molar-refractivity contribution in [3.63, 3.8) is 0 Å². The van der Waals surface area contributed by atoms with Crippen LogP contribution in [0.25, 0.3) is 0 Å². The van der Waals surface area contributed by atoms with Gasteiger partial charge in [-0.2, -0.15) is 0 Å². The third-order valence-corrected chi connectivity index (χ3v) is 2.71. The van der Waals surface area contributed by atoms with Gasteiger partial charge in [-0.3, -0.25) is 0 Å². The van der Waals surface area contributed by atoms with Crippen LogP contribution >= 0.6 is 12.2 Å². The highest BCUT2D eigenvalue weighted by molar-refractivity contribution is 7.80. The monoisotopic (exact) mass is 207 g/mol. The topological polar surface area (TPSA) is 50.1 Å². The molecule has 0 aliphatic heterocycles. The van der Waals surface area contributed by atoms with E-state index in [1.807, 2.05) is 6.07 Å². The summed E-state index contributed by atoms with van der Waals surface area (Å²) in [6, 6.07) is 6.34. The standard InChI is InChI=1S/C10H13N3S/c11-13-10(14)12-9-5-4-7-2-1-3-8(7)6-9/h4-6H,1-3,11H2,(H2,12,13,14). The summed E-state index contributed by atoms with van der Waals surface area (Å²) in [7, 11) is 0. The number of hydrogen-bond donors (Lipinski definition) is 3. The van der Waals surface area contributed by atoms with E-state index in [9.17, 15) is 0 Å². The predicted octanol–water partition coefficient (Wildman–Crippen LogP) is 1.34. The van der Waals surface area contributed by atoms with Crippen LogP contribution in [-0.4, -0.2) is 5.11 Å². The van der Waals surface area contributed by atoms with E-state index >= 15 is 0 Å². The fourth-order valence-electron chi connectivity index (χ4n) is 1.82. The molecule has 0 heterocycles. The van der Waals surface area contributed by atoms with Crippen LogP contribution in [0.2, 0.25) is 0 Å². The largest absolute Gasteiger partial charge is 0.332 e. The average Bonchev–Trinajstić information content (AvgIpc) is 2.64. The second-order valence-electron chi connectivity index (χ2n) is 3.44. The molecule has 0 radical (unpaired) electrons. The Morgan fingerprint density at radius 1 is 1.29 bits per heavy atom. The van der Waals surface area contributed by atoms with Crippen molar-refractivity contribution in [1.82, 2.24) is 5.43 Å². The molecule has 3 nitrogen and oxygen atoms in total. The molecule has 0 spiro atoms. The third kappa shape index (κ3) is 1.86. The maximum Gasteiger partial charge on any atom is 0.185 e. The Morgan fingerprint density at radius 3 is 2.86 bits per heavy atom. The molecule has 1 aliphatic carbocycles. The highest BCUT2D eigenvalue weighted by Gasteiger charge is 2.10. The lowest BCUT2D eigenvalue weighted by molar-refractivity contribution is 0.912. The van der Waals surface area contributed by atoms with Gasteiger partial charge >= 0.3 is 0 Å². The zero-order chi connectivity index (χ0) is 9.97. The summed E-state index contributed by atoms with van der Waals surface area (Å²) in [4.78, 5) is 0. The molecule has 0 fully saturated rings. The first-order chi connectivity index (χ1) is 6.79. The molecule has 4 heteroatoms. The number of hydrazine groups is 1. The fourth-order valence-corrected chi connectivity index (χ4v) is 1.93. The van der Waals surface area contributed by atoms with Crippen LogP contribution in [0.3, 0.4) is 0 Å². The van der Waals surface area contributed by atoms with Crippen molar-refractivity contribution in [2.24, 2.45) is 5.84 Å². The van der Waals surface area contributed by atoms with Gasteiger partial charge in [0, 0.05) is 5.69 Å². The number of aryl methyl sites for hydroxylation is 2. The van der Waals surface area contributed by atoms with Gasteiger partial charge in [0.2, 0.25) is 0 Å². The zero-order valence-corrected chi connectivity index (χ0v) is 8.66. The van der Waals surface area contributed by atoms with Crippen molar-refractivity contribution in [3.05, 3.63) is 29.3 Å². The van der Waals surface area contributed by atoms with Crippen LogP contribution in [0.1, 0.15) is 17.5 Å². The molecule has 0 atom stereocenters. The molecule has 0 amide bonds. The van der Waals surface area contributed by atoms with E-state index in [1.54, 1.807) is 0 Å². The molecule has 0 aromatic heterocycles. The van der Waals surface area contributed by atoms with Crippen LogP contribution in [0.4, 0.5) is 5.69 Å². The molecule has 0 saturated carbocycles. The Kier molecular flexibility index (Phi) is 2.65. The molecule has 14 heavy (non-hydrogen) atoms. The first kappa shape index (κ1) is 9.43. The minimum Gasteiger partial charge on any atom is -0.332 e. The first-order valence-corrected chi connectivity index (χ1v) is 5.10. The Labute approximate surface area is 88.7 Å². The number of fused-ring (bicyclic) bond motifs is 1. The van der Waals surface area contributed by atoms with Gasteiger partial charge in [-0.15, -0.1) is 0 Å². The van der Waals surface area contributed by atoms with E-state index in [0.29, 0.717) is 5.11 Å². The Bertz CT molecular complexity index is 362. The highest BCUT2D eigenvalue weighted by atomic mass is 32.1. The summed E-state index contributed by atoms with van der Waals surface area (Å²) < 4.78 is 0. The molecule has 0 unspecified atom stereocenters. The fraction of sp³-hybridized carbons (Fsp3) is 0.300. The van der Waals surface area contributed by atoms with Crippen LogP contribution in [0.15, 0.2) is 18.2 Å². The SMILES string of the molecule is NNC(=S)Nc1ccc2c(c1)CCC2. The number of anilines is 1. The van der Waals surface area contributed by atoms with Crippen molar-refractivity contribution in [2.75, 3.05) is 5.32 Å². The summed E-state index contributed by atoms with van der Waals surface area (Å²) in [5.41, 5.74) is 6.30. The molecule has 1 aliphatic rings. The molecule has 1 aromatic carbocycles. The minimum absolute atomic E-state index is 0.447. The van der Waals surface area contributed by atoms with Gasteiger partial charge < -0.3 is 10.7 Å². The normalized spacial score (nSPS) is 13.5. The van der Waals surface area contributed by atoms with Gasteiger partial charge in [0.15, 0.2) is 5.11 Å². The smallest absolute Gasteiger partial charge is 0.185 e. The molecule has 74 valence electrons. The van der Waals surface area contributed by atoms with Crippen molar-refractivity contribution < 1.29 is 0 Å². The van der Waals surface area contributed by atoms with Gasteiger partial charge in [-0.05, 0) is 54.7 Å². The highest BCUT2D eigenvalue weighted by Crippen LogP contribution is 2.24. The minimum atomic E-state index is 0.447. The second-order valence-corrected chi connectivity index (χ2v) is 3.84. The maximum absolute atomic E-state index is 5.18. The van der Waals surface area contributed by atoms with Crippen LogP contribution in [0, 0.1) is 0 Å². The number of nitrogens with one attached hydrogen (secondary N) is 2. The first-order valence-electron chi connectivity index (χ1n) is 4.69. The van der Waals surface area contributed by atoms with E-state index in [0.717, 1.165) is 5.69 Å². The molecule has 1 aromatic rings. The molecule has 0 bridgehead atoms. The number of rotatable bonds is 1. The second kappa shape index (κ2) is 3.94. The lowest BCUT2D eigenvalue weighted by Crippen LogP contribution is -2.34. The summed E-state index contributed by atoms with van der Waals surface area (Å²) >= 11 is 4.92. The molecule has 2 rings (SSSR count). The van der Waals surface area contributed by atoms with Gasteiger partial charge in [0.05, 0.1) is 0 Å². The summed E-state index contributed by atoms with van der Waals surface area (Å²) in [5.74, 6) is 5.18. The summed E-state index contributed by atoms with van der Waals surface area (Å²) in [5, 5.41) is 3.46. The summed E-state index contributed by atoms with van der Waals surface area (Å²) in [6.45, 7) is 0. The lowest BCUT2D eigenvalue weighted by atomic mass is 10.1. The van der Waals surface area contributed by atoms with Crippen molar-refractivity contribution in [2.45, 2.75) is 19.3 Å². The van der Waals surface area contributed by atoms with Crippen LogP contribution < -0.4 is 16.6 Å². The van der Waals surface area contributed by atoms with Gasteiger partial charge in [-0.25, -0.2) is 5.84 Å². The Morgan fingerprint density at radius 2 is 2.07 bits per heavy atom. The summed E-state index contributed by atoms with van der Waals surface area (Å²) in [6.07, 6.45) is 3.64. The quantitative estimate of drug-likeness (QED) is 0.369. The average molecular weight is 207 g/mol. The molecule has 4 N–H and O–H groups in total. The third-order valence-electron chi connectivity index (χ3n) is 2.49. The van der Waals surface area contributed by atoms with Crippen LogP contribution in [-0.2, 0) is 12.8 Å².